The molecule has 0 radical (unpaired) electrons. The van der Waals surface area contributed by atoms with Crippen molar-refractivity contribution < 1.29 is 14.3 Å². The van der Waals surface area contributed by atoms with Crippen molar-refractivity contribution in [1.82, 2.24) is 10.2 Å². The van der Waals surface area contributed by atoms with Crippen LogP contribution in [0, 0.1) is 5.82 Å². The summed E-state index contributed by atoms with van der Waals surface area (Å²) in [5.74, 6) is -0.533. The quantitative estimate of drug-likeness (QED) is 0.824. The Balaban J connectivity index is 1.42. The van der Waals surface area contributed by atoms with Crippen LogP contribution in [-0.2, 0) is 16.9 Å². The molecule has 142 valence electrons. The van der Waals surface area contributed by atoms with E-state index in [0.29, 0.717) is 19.5 Å². The van der Waals surface area contributed by atoms with Crippen molar-refractivity contribution in [2.75, 3.05) is 13.1 Å². The summed E-state index contributed by atoms with van der Waals surface area (Å²) in [6, 6.07) is 16.4. The van der Waals surface area contributed by atoms with E-state index in [1.807, 2.05) is 18.2 Å². The van der Waals surface area contributed by atoms with Crippen LogP contribution in [0.1, 0.15) is 36.8 Å². The summed E-state index contributed by atoms with van der Waals surface area (Å²) in [5, 5.41) is 14.5. The number of piperidine rings is 1. The summed E-state index contributed by atoms with van der Waals surface area (Å²) in [6.07, 6.45) is 3.24. The number of nitrogens with zero attached hydrogens (tertiary/aromatic N) is 1. The van der Waals surface area contributed by atoms with Crippen molar-refractivity contribution in [3.8, 4) is 0 Å². The molecule has 4 rings (SSSR count). The third kappa shape index (κ3) is 3.75. The molecule has 1 heterocycles. The maximum Gasteiger partial charge on any atom is 0.256 e. The number of amides is 1. The Morgan fingerprint density at radius 1 is 1.04 bits per heavy atom. The number of halogens is 1. The second-order valence-corrected chi connectivity index (χ2v) is 7.79. The molecular weight excluding hydrogens is 343 g/mol. The fraction of sp³-hybridized carbons (Fsp3) is 0.409. The lowest BCUT2D eigenvalue weighted by atomic mass is 9.90. The number of carbonyl (C=O) groups excluding carboxylic acids is 1. The molecule has 2 fully saturated rings. The monoisotopic (exact) mass is 368 g/mol. The number of hydrogen-bond acceptors (Lipinski definition) is 3. The van der Waals surface area contributed by atoms with Gasteiger partial charge in [-0.25, -0.2) is 4.39 Å². The van der Waals surface area contributed by atoms with Crippen molar-refractivity contribution in [3.05, 3.63) is 71.5 Å². The van der Waals surface area contributed by atoms with Crippen LogP contribution >= 0.6 is 0 Å². The summed E-state index contributed by atoms with van der Waals surface area (Å²) in [6.45, 7) is 1.26. The zero-order valence-electron chi connectivity index (χ0n) is 15.3. The molecule has 2 N–H and O–H groups in total. The summed E-state index contributed by atoms with van der Waals surface area (Å²) in [5.41, 5.74) is 0.573. The van der Waals surface area contributed by atoms with Gasteiger partial charge in [0, 0.05) is 25.2 Å². The molecule has 1 atom stereocenters. The molecule has 1 saturated heterocycles. The number of benzene rings is 2. The van der Waals surface area contributed by atoms with Crippen molar-refractivity contribution in [1.29, 1.82) is 0 Å². The topological polar surface area (TPSA) is 52.6 Å². The van der Waals surface area contributed by atoms with E-state index in [1.54, 1.807) is 17.0 Å². The van der Waals surface area contributed by atoms with Crippen molar-refractivity contribution in [2.45, 2.75) is 43.4 Å². The van der Waals surface area contributed by atoms with E-state index < -0.39 is 5.60 Å². The molecule has 4 nitrogen and oxygen atoms in total. The molecule has 1 amide bonds. The molecule has 1 aliphatic carbocycles. The Kier molecular flexibility index (Phi) is 4.74. The lowest BCUT2D eigenvalue weighted by molar-refractivity contribution is -0.157. The molecule has 0 spiro atoms. The number of hydrogen-bond donors (Lipinski definition) is 2. The third-order valence-electron chi connectivity index (χ3n) is 5.79. The zero-order chi connectivity index (χ0) is 18.9. The van der Waals surface area contributed by atoms with E-state index in [-0.39, 0.29) is 23.8 Å². The van der Waals surface area contributed by atoms with Gasteiger partial charge in [0.15, 0.2) is 5.60 Å². The van der Waals surface area contributed by atoms with Crippen LogP contribution in [-0.4, -0.2) is 34.6 Å². The Labute approximate surface area is 159 Å². The highest BCUT2D eigenvalue weighted by Gasteiger charge is 2.48. The van der Waals surface area contributed by atoms with Crippen LogP contribution < -0.4 is 5.32 Å². The highest BCUT2D eigenvalue weighted by molar-refractivity contribution is 5.86. The second kappa shape index (κ2) is 7.06. The summed E-state index contributed by atoms with van der Waals surface area (Å²) in [7, 11) is 0. The van der Waals surface area contributed by atoms with Gasteiger partial charge < -0.3 is 15.3 Å². The largest absolute Gasteiger partial charge is 0.379 e. The van der Waals surface area contributed by atoms with Gasteiger partial charge in [0.25, 0.3) is 5.91 Å². The minimum atomic E-state index is -1.39. The third-order valence-corrected chi connectivity index (χ3v) is 5.79. The number of carbonyl (C=O) groups is 1. The maximum absolute atomic E-state index is 13.1. The molecule has 2 aliphatic rings. The lowest BCUT2D eigenvalue weighted by Crippen LogP contribution is -2.58. The molecule has 2 aromatic carbocycles. The van der Waals surface area contributed by atoms with E-state index in [2.05, 4.69) is 17.4 Å². The van der Waals surface area contributed by atoms with E-state index in [9.17, 15) is 14.3 Å². The Morgan fingerprint density at radius 2 is 1.74 bits per heavy atom. The molecule has 1 aliphatic heterocycles. The first-order valence-corrected chi connectivity index (χ1v) is 9.58. The Hall–Kier alpha value is -2.24. The van der Waals surface area contributed by atoms with E-state index in [0.717, 1.165) is 24.8 Å². The van der Waals surface area contributed by atoms with Gasteiger partial charge in [-0.05, 0) is 48.9 Å². The van der Waals surface area contributed by atoms with Crippen LogP contribution in [0.2, 0.25) is 0 Å². The first kappa shape index (κ1) is 18.1. The molecule has 1 unspecified atom stereocenters. The van der Waals surface area contributed by atoms with Crippen LogP contribution in [0.3, 0.4) is 0 Å². The minimum Gasteiger partial charge on any atom is -0.379 e. The molecule has 2 aromatic rings. The summed E-state index contributed by atoms with van der Waals surface area (Å²) < 4.78 is 13.1. The van der Waals surface area contributed by atoms with Crippen LogP contribution in [0.5, 0.6) is 0 Å². The molecule has 0 aromatic heterocycles. The van der Waals surface area contributed by atoms with Gasteiger partial charge in [0.05, 0.1) is 0 Å². The molecule has 0 bridgehead atoms. The van der Waals surface area contributed by atoms with Gasteiger partial charge in [-0.15, -0.1) is 0 Å². The first-order valence-electron chi connectivity index (χ1n) is 9.58. The molecule has 27 heavy (non-hydrogen) atoms. The maximum atomic E-state index is 13.1. The molecule has 5 heteroatoms. The fourth-order valence-corrected chi connectivity index (χ4v) is 3.96. The van der Waals surface area contributed by atoms with Gasteiger partial charge in [-0.2, -0.15) is 0 Å². The van der Waals surface area contributed by atoms with Crippen LogP contribution in [0.4, 0.5) is 4.39 Å². The van der Waals surface area contributed by atoms with Gasteiger partial charge in [0.2, 0.25) is 0 Å². The Bertz CT molecular complexity index is 805. The number of nitrogens with one attached hydrogen (secondary N) is 1. The minimum absolute atomic E-state index is 0.115. The average Bonchev–Trinajstić information content (AvgIpc) is 3.48. The average molecular weight is 368 g/mol. The van der Waals surface area contributed by atoms with E-state index in [1.165, 1.54) is 17.7 Å². The normalized spacial score (nSPS) is 24.1. The highest BCUT2D eigenvalue weighted by atomic mass is 19.1. The van der Waals surface area contributed by atoms with E-state index in [4.69, 9.17) is 0 Å². The number of likely N-dealkylation sites (tertiary alicyclic amines) is 1. The molecule has 1 saturated carbocycles. The second-order valence-electron chi connectivity index (χ2n) is 7.79. The first-order chi connectivity index (χ1) is 13.0. The predicted molar refractivity (Wildman–Crippen MR) is 101 cm³/mol. The number of aliphatic hydroxyl groups is 1. The zero-order valence-corrected chi connectivity index (χ0v) is 15.3. The van der Waals surface area contributed by atoms with E-state index >= 15 is 0 Å². The van der Waals surface area contributed by atoms with Crippen LogP contribution in [0.15, 0.2) is 54.6 Å². The van der Waals surface area contributed by atoms with Crippen molar-refractivity contribution in [3.63, 3.8) is 0 Å². The SMILES string of the molecule is O=C1N(Cc2ccc(F)cc2)CCCC1(O)CNC1(c2ccccc2)CC1. The van der Waals surface area contributed by atoms with Gasteiger partial charge in [-0.1, -0.05) is 42.5 Å². The van der Waals surface area contributed by atoms with Crippen molar-refractivity contribution in [2.24, 2.45) is 0 Å². The lowest BCUT2D eigenvalue weighted by Gasteiger charge is -2.39. The van der Waals surface area contributed by atoms with Gasteiger partial charge in [-0.3, -0.25) is 4.79 Å². The summed E-state index contributed by atoms with van der Waals surface area (Å²) >= 11 is 0. The Morgan fingerprint density at radius 3 is 2.41 bits per heavy atom. The van der Waals surface area contributed by atoms with Crippen molar-refractivity contribution >= 4 is 5.91 Å². The standard InChI is InChI=1S/C22H25FN2O2/c23-19-9-7-17(8-10-19)15-25-14-4-11-22(27,20(25)26)16-24-21(12-13-21)18-5-2-1-3-6-18/h1-3,5-10,24,27H,4,11-16H2. The number of rotatable bonds is 6. The fourth-order valence-electron chi connectivity index (χ4n) is 3.96. The highest BCUT2D eigenvalue weighted by Crippen LogP contribution is 2.45. The summed E-state index contributed by atoms with van der Waals surface area (Å²) in [4.78, 5) is 14.6. The smallest absolute Gasteiger partial charge is 0.256 e. The molecular formula is C22H25FN2O2. The van der Waals surface area contributed by atoms with Gasteiger partial charge in [0.1, 0.15) is 5.82 Å². The van der Waals surface area contributed by atoms with Crippen LogP contribution in [0.25, 0.3) is 0 Å². The van der Waals surface area contributed by atoms with Gasteiger partial charge >= 0.3 is 0 Å². The predicted octanol–water partition coefficient (Wildman–Crippen LogP) is 2.96.